The number of hydrogen-bond acceptors (Lipinski definition) is 2. The first kappa shape index (κ1) is 20.6. The van der Waals surface area contributed by atoms with Crippen LogP contribution in [0.3, 0.4) is 0 Å². The topological polar surface area (TPSA) is 57.4 Å². The lowest BCUT2D eigenvalue weighted by molar-refractivity contribution is 0.922. The van der Waals surface area contributed by atoms with Crippen molar-refractivity contribution in [3.63, 3.8) is 0 Å². The Bertz CT molecular complexity index is 1770. The highest BCUT2D eigenvalue weighted by Crippen LogP contribution is 2.40. The molecule has 0 fully saturated rings. The molecule has 0 saturated carbocycles. The van der Waals surface area contributed by atoms with Crippen molar-refractivity contribution in [2.24, 2.45) is 0 Å². The molecule has 0 radical (unpaired) electrons. The third-order valence-electron chi connectivity index (χ3n) is 7.56. The zero-order chi connectivity index (χ0) is 24.2. The normalized spacial score (nSPS) is 13.9. The van der Waals surface area contributed by atoms with Crippen LogP contribution in [0.5, 0.6) is 0 Å². The second-order valence-electron chi connectivity index (χ2n) is 9.42. The Morgan fingerprint density at radius 3 is 1.58 bits per heavy atom. The first-order chi connectivity index (χ1) is 17.8. The molecule has 2 heterocycles. The van der Waals surface area contributed by atoms with E-state index in [0.717, 1.165) is 48.1 Å². The number of nitriles is 2. The lowest BCUT2D eigenvalue weighted by Gasteiger charge is -2.20. The molecule has 2 aliphatic rings. The van der Waals surface area contributed by atoms with E-state index in [1.165, 1.54) is 33.3 Å². The van der Waals surface area contributed by atoms with Crippen LogP contribution in [0, 0.1) is 22.7 Å². The van der Waals surface area contributed by atoms with Crippen LogP contribution in [0.15, 0.2) is 72.8 Å². The second-order valence-corrected chi connectivity index (χ2v) is 9.42. The van der Waals surface area contributed by atoms with E-state index in [-0.39, 0.29) is 0 Å². The Labute approximate surface area is 209 Å². The summed E-state index contributed by atoms with van der Waals surface area (Å²) in [6, 6.07) is 25.1. The highest BCUT2D eigenvalue weighted by Gasteiger charge is 2.26. The van der Waals surface area contributed by atoms with Gasteiger partial charge in [0.2, 0.25) is 0 Å². The van der Waals surface area contributed by atoms with Crippen LogP contribution < -0.4 is 0 Å². The van der Waals surface area contributed by atoms with E-state index in [1.54, 1.807) is 0 Å². The Balaban J connectivity index is 1.66. The van der Waals surface area contributed by atoms with E-state index in [4.69, 9.17) is 0 Å². The molecular formula is C32H22N4. The predicted molar refractivity (Wildman–Crippen MR) is 144 cm³/mol. The molecule has 0 amide bonds. The molecular weight excluding hydrogens is 440 g/mol. The summed E-state index contributed by atoms with van der Waals surface area (Å²) in [5.74, 6) is 0. The summed E-state index contributed by atoms with van der Waals surface area (Å²) in [5.41, 5.74) is 9.97. The lowest BCUT2D eigenvalue weighted by atomic mass is 9.94. The van der Waals surface area contributed by atoms with Crippen molar-refractivity contribution in [3.05, 3.63) is 106 Å². The summed E-state index contributed by atoms with van der Waals surface area (Å²) < 4.78 is 4.57. The number of benzene rings is 3. The van der Waals surface area contributed by atoms with Gasteiger partial charge in [0, 0.05) is 22.2 Å². The maximum atomic E-state index is 9.97. The summed E-state index contributed by atoms with van der Waals surface area (Å²) >= 11 is 0. The van der Waals surface area contributed by atoms with E-state index in [0.29, 0.717) is 11.1 Å². The van der Waals surface area contributed by atoms with Crippen molar-refractivity contribution >= 4 is 34.0 Å². The van der Waals surface area contributed by atoms with Gasteiger partial charge in [-0.25, -0.2) is 0 Å². The van der Waals surface area contributed by atoms with E-state index in [9.17, 15) is 10.5 Å². The summed E-state index contributed by atoms with van der Waals surface area (Å²) in [7, 11) is 0. The summed E-state index contributed by atoms with van der Waals surface area (Å²) in [6.45, 7) is 0. The van der Waals surface area contributed by atoms with Gasteiger partial charge in [0.05, 0.1) is 33.5 Å². The average Bonchev–Trinajstić information content (AvgIpc) is 3.45. The fraction of sp³-hybridized carbons (Fsp3) is 0.125. The molecule has 0 aliphatic heterocycles. The molecule has 0 spiro atoms. The molecule has 170 valence electrons. The largest absolute Gasteiger partial charge is 0.308 e. The van der Waals surface area contributed by atoms with Gasteiger partial charge >= 0.3 is 0 Å². The molecule has 3 aromatic carbocycles. The van der Waals surface area contributed by atoms with Crippen LogP contribution in [-0.2, 0) is 12.8 Å². The molecule has 0 unspecified atom stereocenters. The van der Waals surface area contributed by atoms with Crippen LogP contribution in [0.4, 0.5) is 0 Å². The fourth-order valence-corrected chi connectivity index (χ4v) is 6.02. The quantitative estimate of drug-likeness (QED) is 0.278. The number of hydrogen-bond donors (Lipinski definition) is 0. The van der Waals surface area contributed by atoms with Crippen molar-refractivity contribution < 1.29 is 0 Å². The molecule has 0 saturated heterocycles. The first-order valence-electron chi connectivity index (χ1n) is 12.4. The molecule has 0 N–H and O–H groups in total. The molecule has 2 aromatic heterocycles. The zero-order valence-corrected chi connectivity index (χ0v) is 19.7. The third kappa shape index (κ3) is 2.79. The van der Waals surface area contributed by atoms with Crippen molar-refractivity contribution in [1.29, 1.82) is 10.5 Å². The van der Waals surface area contributed by atoms with Gasteiger partial charge in [-0.3, -0.25) is 0 Å². The Morgan fingerprint density at radius 2 is 1.08 bits per heavy atom. The first-order valence-corrected chi connectivity index (χ1v) is 12.4. The molecule has 0 bridgehead atoms. The third-order valence-corrected chi connectivity index (χ3v) is 7.56. The maximum absolute atomic E-state index is 9.97. The van der Waals surface area contributed by atoms with Crippen molar-refractivity contribution in [1.82, 2.24) is 9.13 Å². The highest BCUT2D eigenvalue weighted by molar-refractivity contribution is 6.09. The van der Waals surface area contributed by atoms with E-state index in [2.05, 4.69) is 94.1 Å². The molecule has 5 aromatic rings. The monoisotopic (exact) mass is 462 g/mol. The van der Waals surface area contributed by atoms with Gasteiger partial charge in [-0.2, -0.15) is 10.5 Å². The maximum Gasteiger partial charge on any atom is 0.101 e. The second kappa shape index (κ2) is 7.87. The molecule has 2 aliphatic carbocycles. The van der Waals surface area contributed by atoms with Gasteiger partial charge < -0.3 is 9.13 Å². The van der Waals surface area contributed by atoms with Crippen LogP contribution >= 0.6 is 0 Å². The van der Waals surface area contributed by atoms with E-state index >= 15 is 0 Å². The van der Waals surface area contributed by atoms with Gasteiger partial charge in [0.15, 0.2) is 0 Å². The van der Waals surface area contributed by atoms with E-state index in [1.807, 2.05) is 12.1 Å². The van der Waals surface area contributed by atoms with Crippen LogP contribution in [0.1, 0.15) is 46.5 Å². The van der Waals surface area contributed by atoms with Crippen LogP contribution in [0.2, 0.25) is 0 Å². The minimum atomic E-state index is 0.388. The minimum Gasteiger partial charge on any atom is -0.308 e. The van der Waals surface area contributed by atoms with E-state index < -0.39 is 0 Å². The average molecular weight is 463 g/mol. The summed E-state index contributed by atoms with van der Waals surface area (Å²) in [5, 5.41) is 22.3. The molecule has 4 heteroatoms. The van der Waals surface area contributed by atoms with Crippen molar-refractivity contribution in [2.75, 3.05) is 0 Å². The predicted octanol–water partition coefficient (Wildman–Crippen LogP) is 7.24. The minimum absolute atomic E-state index is 0.388. The Hall–Kier alpha value is -4.80. The molecule has 0 atom stereocenters. The SMILES string of the molecule is N#Cc1cc(-n2c3c(c4c2C=CCC4)CCC=C3)c(-n2c3ccccc3c3ccccc32)cc1C#N. The summed E-state index contributed by atoms with van der Waals surface area (Å²) in [4.78, 5) is 0. The number of fused-ring (bicyclic) bond motifs is 6. The number of allylic oxidation sites excluding steroid dienone is 2. The smallest absolute Gasteiger partial charge is 0.101 e. The van der Waals surface area contributed by atoms with Gasteiger partial charge in [-0.05, 0) is 73.2 Å². The lowest BCUT2D eigenvalue weighted by Crippen LogP contribution is -2.09. The standard InChI is InChI=1S/C32H22N4/c33-19-21-17-31(35-27-13-5-1-9-23(27)24-10-2-6-14-28(24)35)32(18-22(21)20-34)36-29-15-7-3-11-25(29)26-12-4-8-16-30(26)36/h1-2,5-10,13-18H,3-4,11-12H2. The van der Waals surface area contributed by atoms with Gasteiger partial charge in [-0.1, -0.05) is 48.6 Å². The molecule has 7 rings (SSSR count). The number of nitrogens with zero attached hydrogens (tertiary/aromatic N) is 4. The summed E-state index contributed by atoms with van der Waals surface area (Å²) in [6.07, 6.45) is 13.1. The van der Waals surface area contributed by atoms with Crippen LogP contribution in [-0.4, -0.2) is 9.13 Å². The Kier molecular flexibility index (Phi) is 4.50. The van der Waals surface area contributed by atoms with Crippen molar-refractivity contribution in [2.45, 2.75) is 25.7 Å². The molecule has 4 nitrogen and oxygen atoms in total. The number of para-hydroxylation sites is 2. The van der Waals surface area contributed by atoms with Crippen molar-refractivity contribution in [3.8, 4) is 23.5 Å². The van der Waals surface area contributed by atoms with Crippen LogP contribution in [0.25, 0.3) is 45.3 Å². The van der Waals surface area contributed by atoms with Gasteiger partial charge in [-0.15, -0.1) is 0 Å². The van der Waals surface area contributed by atoms with Gasteiger partial charge in [0.1, 0.15) is 12.1 Å². The molecule has 36 heavy (non-hydrogen) atoms. The van der Waals surface area contributed by atoms with Gasteiger partial charge in [0.25, 0.3) is 0 Å². The Morgan fingerprint density at radius 1 is 0.611 bits per heavy atom. The number of rotatable bonds is 2. The fourth-order valence-electron chi connectivity index (χ4n) is 6.02. The zero-order valence-electron chi connectivity index (χ0n) is 19.7. The highest BCUT2D eigenvalue weighted by atomic mass is 15.1. The number of aromatic nitrogens is 2.